The molecule has 1 heterocycles. The maximum Gasteiger partial charge on any atom is -1.00 e. The van der Waals surface area contributed by atoms with Gasteiger partial charge in [0, 0.05) is 0 Å². The van der Waals surface area contributed by atoms with Crippen LogP contribution in [0.4, 0.5) is 0 Å². The second-order valence-corrected chi connectivity index (χ2v) is 19.2. The van der Waals surface area contributed by atoms with Crippen LogP contribution >= 0.6 is 0 Å². The number of hydrogen-bond donors (Lipinski definition) is 0. The van der Waals surface area contributed by atoms with Crippen LogP contribution in [0.3, 0.4) is 0 Å². The quantitative estimate of drug-likeness (QED) is 0.630. The summed E-state index contributed by atoms with van der Waals surface area (Å²) in [5.41, 5.74) is 9.72. The van der Waals surface area contributed by atoms with Crippen molar-refractivity contribution in [2.45, 2.75) is 35.8 Å². The van der Waals surface area contributed by atoms with Crippen LogP contribution in [-0.4, -0.2) is 0 Å². The third kappa shape index (κ3) is 2.83. The molecule has 2 aromatic carbocycles. The molecule has 1 fully saturated rings. The normalized spacial score (nSPS) is 22.5. The number of rotatable bonds is 3. The summed E-state index contributed by atoms with van der Waals surface area (Å²) in [5.74, 6) is 0. The molecule has 0 N–H and O–H groups in total. The number of benzene rings is 2. The summed E-state index contributed by atoms with van der Waals surface area (Å²) >= 11 is -2.28. The first kappa shape index (κ1) is 20.1. The zero-order valence-corrected chi connectivity index (χ0v) is 19.3. The smallest absolute Gasteiger partial charge is 1.00 e. The van der Waals surface area contributed by atoms with Crippen molar-refractivity contribution in [3.05, 3.63) is 81.9 Å². The fraction of sp³-hybridized carbons (Fsp3) is 0.304. The van der Waals surface area contributed by atoms with Crippen molar-refractivity contribution in [3.8, 4) is 0 Å². The molecule has 1 aliphatic heterocycles. The molecule has 2 unspecified atom stereocenters. The predicted octanol–water partition coefficient (Wildman–Crippen LogP) is 0.705. The van der Waals surface area contributed by atoms with Gasteiger partial charge in [0.15, 0.2) is 0 Å². The second-order valence-electron chi connectivity index (χ2n) is 7.82. The van der Waals surface area contributed by atoms with Crippen LogP contribution in [0, 0.1) is 0 Å². The first-order chi connectivity index (χ1) is 11.7. The molecule has 2 atom stereocenters. The Hall–Kier alpha value is -0.617. The Morgan fingerprint density at radius 2 is 1.35 bits per heavy atom. The number of halogens is 2. The zero-order chi connectivity index (χ0) is 16.3. The minimum Gasteiger partial charge on any atom is -1.00 e. The fourth-order valence-electron chi connectivity index (χ4n) is 5.50. The van der Waals surface area contributed by atoms with E-state index in [1.54, 1.807) is 30.5 Å². The van der Waals surface area contributed by atoms with Crippen LogP contribution in [0.2, 0.25) is 8.26 Å². The van der Waals surface area contributed by atoms with Gasteiger partial charge in [0.1, 0.15) is 0 Å². The monoisotopic (exact) mass is 460 g/mol. The van der Waals surface area contributed by atoms with Crippen LogP contribution in [0.5, 0.6) is 0 Å². The van der Waals surface area contributed by atoms with E-state index in [1.807, 2.05) is 0 Å². The number of fused-ring (bicyclic) bond motifs is 2. The van der Waals surface area contributed by atoms with Gasteiger partial charge in [-0.05, 0) is 0 Å². The topological polar surface area (TPSA) is 0 Å². The van der Waals surface area contributed by atoms with E-state index < -0.39 is 20.3 Å². The molecule has 3 heteroatoms. The van der Waals surface area contributed by atoms with Gasteiger partial charge >= 0.3 is 150 Å². The van der Waals surface area contributed by atoms with Crippen molar-refractivity contribution in [1.82, 2.24) is 0 Å². The summed E-state index contributed by atoms with van der Waals surface area (Å²) in [4.78, 5) is 0. The zero-order valence-electron chi connectivity index (χ0n) is 15.3. The van der Waals surface area contributed by atoms with E-state index in [0.29, 0.717) is 0 Å². The van der Waals surface area contributed by atoms with Gasteiger partial charge in [0.05, 0.1) is 0 Å². The van der Waals surface area contributed by atoms with E-state index in [-0.39, 0.29) is 24.8 Å². The van der Waals surface area contributed by atoms with Crippen molar-refractivity contribution in [1.29, 1.82) is 0 Å². The van der Waals surface area contributed by atoms with Crippen LogP contribution in [-0.2, 0) is 20.3 Å². The minimum atomic E-state index is -2.28. The molecule has 2 aromatic rings. The standard InChI is InChI=1S/C11H11.C10H9.C2H4.2ClH.Zr/c1-2-9-7-10-5-3-4-6-11(10)8-9;1-8-6-9-4-2-3-5-10(9)7-8;1-2;;;/h3-8H,2H2,1H3;2-7H,1H3;1-2H2;2*1H;/q;;;;;+2/p-2. The van der Waals surface area contributed by atoms with Gasteiger partial charge in [-0.3, -0.25) is 0 Å². The van der Waals surface area contributed by atoms with E-state index in [0.717, 1.165) is 7.25 Å². The summed E-state index contributed by atoms with van der Waals surface area (Å²) in [5, 5.41) is 0. The Kier molecular flexibility index (Phi) is 5.75. The molecule has 0 nitrogen and oxygen atoms in total. The van der Waals surface area contributed by atoms with Crippen LogP contribution in [0.1, 0.15) is 49.8 Å². The second kappa shape index (κ2) is 7.42. The van der Waals surface area contributed by atoms with Gasteiger partial charge in [0.25, 0.3) is 0 Å². The van der Waals surface area contributed by atoms with Crippen LogP contribution in [0.15, 0.2) is 59.7 Å². The van der Waals surface area contributed by atoms with Gasteiger partial charge in [-0.25, -0.2) is 0 Å². The minimum absolute atomic E-state index is 0. The molecule has 0 bridgehead atoms. The largest absolute Gasteiger partial charge is 1.00 e. The van der Waals surface area contributed by atoms with E-state index in [9.17, 15) is 0 Å². The van der Waals surface area contributed by atoms with Gasteiger partial charge in [-0.15, -0.1) is 0 Å². The van der Waals surface area contributed by atoms with Gasteiger partial charge in [0.2, 0.25) is 0 Å². The van der Waals surface area contributed by atoms with Crippen LogP contribution < -0.4 is 24.8 Å². The first-order valence-corrected chi connectivity index (χ1v) is 15.6. The Labute approximate surface area is 174 Å². The molecule has 0 amide bonds. The molecule has 3 aliphatic rings. The summed E-state index contributed by atoms with van der Waals surface area (Å²) in [6.45, 7) is 4.76. The fourth-order valence-corrected chi connectivity index (χ4v) is 23.4. The van der Waals surface area contributed by atoms with E-state index in [2.05, 4.69) is 74.5 Å². The van der Waals surface area contributed by atoms with Crippen molar-refractivity contribution < 1.29 is 45.1 Å². The molecular formula is C23H24Cl2Zr. The van der Waals surface area contributed by atoms with Gasteiger partial charge < -0.3 is 24.8 Å². The average Bonchev–Trinajstić information content (AvgIpc) is 3.17. The Morgan fingerprint density at radius 1 is 0.808 bits per heavy atom. The first-order valence-electron chi connectivity index (χ1n) is 9.31. The van der Waals surface area contributed by atoms with Crippen molar-refractivity contribution in [2.75, 3.05) is 0 Å². The number of hydrogen-bond acceptors (Lipinski definition) is 0. The average molecular weight is 463 g/mol. The summed E-state index contributed by atoms with van der Waals surface area (Å²) in [7, 11) is 0. The third-order valence-electron chi connectivity index (χ3n) is 6.55. The van der Waals surface area contributed by atoms with Gasteiger partial charge in [-0.1, -0.05) is 0 Å². The van der Waals surface area contributed by atoms with Gasteiger partial charge in [-0.2, -0.15) is 0 Å². The SMILES string of the molecule is CCC1=Cc2ccccc2[CH]1[Zr+2]1([CH]2C(C)=Cc3ccccc32)[CH2][CH2]1.[Cl-].[Cl-]. The van der Waals surface area contributed by atoms with Crippen molar-refractivity contribution in [2.24, 2.45) is 0 Å². The van der Waals surface area contributed by atoms with E-state index >= 15 is 0 Å². The summed E-state index contributed by atoms with van der Waals surface area (Å²) in [6.07, 6.45) is 6.22. The molecule has 0 spiro atoms. The molecule has 2 aliphatic carbocycles. The Bertz CT molecular complexity index is 893. The van der Waals surface area contributed by atoms with E-state index in [1.165, 1.54) is 17.5 Å². The molecule has 134 valence electrons. The maximum absolute atomic E-state index is 2.52. The third-order valence-corrected chi connectivity index (χ3v) is 19.8. The molecule has 0 radical (unpaired) electrons. The molecule has 26 heavy (non-hydrogen) atoms. The molecular weight excluding hydrogens is 438 g/mol. The molecule has 5 rings (SSSR count). The Balaban J connectivity index is 0.000000980. The molecule has 1 saturated heterocycles. The Morgan fingerprint density at radius 3 is 1.92 bits per heavy atom. The number of allylic oxidation sites excluding steroid dienone is 2. The summed E-state index contributed by atoms with van der Waals surface area (Å²) in [6, 6.07) is 18.4. The summed E-state index contributed by atoms with van der Waals surface area (Å²) < 4.78 is 4.76. The predicted molar refractivity (Wildman–Crippen MR) is 99.9 cm³/mol. The molecule has 0 aromatic heterocycles. The van der Waals surface area contributed by atoms with E-state index in [4.69, 9.17) is 0 Å². The van der Waals surface area contributed by atoms with Crippen molar-refractivity contribution in [3.63, 3.8) is 0 Å². The van der Waals surface area contributed by atoms with Crippen molar-refractivity contribution >= 4 is 12.2 Å². The molecule has 0 saturated carbocycles. The van der Waals surface area contributed by atoms with Crippen LogP contribution in [0.25, 0.3) is 12.2 Å². The maximum atomic E-state index is 2.52.